The van der Waals surface area contributed by atoms with Crippen LogP contribution in [0.5, 0.6) is 5.75 Å². The van der Waals surface area contributed by atoms with E-state index >= 15 is 0 Å². The van der Waals surface area contributed by atoms with Gasteiger partial charge < -0.3 is 9.84 Å². The number of aromatic nitrogens is 1. The molecule has 3 rings (SSSR count). The SMILES string of the molecule is Cc1cncc(Cl)c1C[C@H](O)c1ccc(CC(F)F)c(OCC2CC2)c1. The molecule has 1 fully saturated rings. The zero-order chi connectivity index (χ0) is 18.7. The van der Waals surface area contributed by atoms with Gasteiger partial charge in [0.25, 0.3) is 0 Å². The molecule has 1 saturated carbocycles. The van der Waals surface area contributed by atoms with E-state index in [0.717, 1.165) is 24.0 Å². The molecule has 0 saturated heterocycles. The van der Waals surface area contributed by atoms with Crippen LogP contribution in [0.3, 0.4) is 0 Å². The van der Waals surface area contributed by atoms with Gasteiger partial charge in [-0.1, -0.05) is 23.7 Å². The van der Waals surface area contributed by atoms with Gasteiger partial charge in [0.15, 0.2) is 0 Å². The van der Waals surface area contributed by atoms with Gasteiger partial charge in [0.2, 0.25) is 6.43 Å². The van der Waals surface area contributed by atoms with Gasteiger partial charge in [0.1, 0.15) is 5.75 Å². The minimum Gasteiger partial charge on any atom is -0.493 e. The molecule has 1 heterocycles. The lowest BCUT2D eigenvalue weighted by molar-refractivity contribution is 0.147. The van der Waals surface area contributed by atoms with Gasteiger partial charge in [-0.2, -0.15) is 0 Å². The Hall–Kier alpha value is -1.72. The molecule has 3 nitrogen and oxygen atoms in total. The number of aliphatic hydroxyl groups excluding tert-OH is 1. The first kappa shape index (κ1) is 19.1. The predicted molar refractivity (Wildman–Crippen MR) is 97.0 cm³/mol. The Morgan fingerprint density at radius 1 is 1.27 bits per heavy atom. The fraction of sp³-hybridized carbons (Fsp3) is 0.450. The highest BCUT2D eigenvalue weighted by atomic mass is 35.5. The van der Waals surface area contributed by atoms with Crippen LogP contribution in [0.1, 0.15) is 41.2 Å². The maximum Gasteiger partial charge on any atom is 0.242 e. The van der Waals surface area contributed by atoms with E-state index in [4.69, 9.17) is 16.3 Å². The van der Waals surface area contributed by atoms with E-state index in [-0.39, 0.29) is 6.42 Å². The molecule has 6 heteroatoms. The van der Waals surface area contributed by atoms with E-state index < -0.39 is 12.5 Å². The summed E-state index contributed by atoms with van der Waals surface area (Å²) in [5, 5.41) is 11.1. The number of hydrogen-bond acceptors (Lipinski definition) is 3. The Balaban J connectivity index is 1.80. The van der Waals surface area contributed by atoms with Gasteiger partial charge in [-0.3, -0.25) is 4.98 Å². The molecule has 0 aliphatic heterocycles. The number of nitrogens with zero attached hydrogens (tertiary/aromatic N) is 1. The summed E-state index contributed by atoms with van der Waals surface area (Å²) in [5.74, 6) is 0.951. The fourth-order valence-electron chi connectivity index (χ4n) is 2.87. The van der Waals surface area contributed by atoms with E-state index in [2.05, 4.69) is 4.98 Å². The second-order valence-electron chi connectivity index (χ2n) is 6.85. The number of ether oxygens (including phenoxy) is 1. The molecule has 0 radical (unpaired) electrons. The maximum absolute atomic E-state index is 12.8. The Morgan fingerprint density at radius 3 is 2.69 bits per heavy atom. The molecule has 140 valence electrons. The predicted octanol–water partition coefficient (Wildman–Crippen LogP) is 4.92. The van der Waals surface area contributed by atoms with Crippen LogP contribution in [0.15, 0.2) is 30.6 Å². The third-order valence-electron chi connectivity index (χ3n) is 4.64. The summed E-state index contributed by atoms with van der Waals surface area (Å²) in [6.45, 7) is 2.42. The average Bonchev–Trinajstić information content (AvgIpc) is 3.41. The number of rotatable bonds is 8. The van der Waals surface area contributed by atoms with E-state index in [1.807, 2.05) is 6.92 Å². The summed E-state index contributed by atoms with van der Waals surface area (Å²) in [6, 6.07) is 4.97. The molecular formula is C20H22ClF2NO2. The highest BCUT2D eigenvalue weighted by Crippen LogP contribution is 2.33. The largest absolute Gasteiger partial charge is 0.493 e. The van der Waals surface area contributed by atoms with Gasteiger partial charge in [-0.25, -0.2) is 8.78 Å². The average molecular weight is 382 g/mol. The highest BCUT2D eigenvalue weighted by molar-refractivity contribution is 6.31. The van der Waals surface area contributed by atoms with Crippen molar-refractivity contribution in [1.82, 2.24) is 4.98 Å². The molecule has 1 atom stereocenters. The first-order valence-electron chi connectivity index (χ1n) is 8.75. The molecule has 0 unspecified atom stereocenters. The van der Waals surface area contributed by atoms with E-state index in [1.165, 1.54) is 0 Å². The van der Waals surface area contributed by atoms with Crippen molar-refractivity contribution in [3.8, 4) is 5.75 Å². The van der Waals surface area contributed by atoms with E-state index in [1.54, 1.807) is 30.6 Å². The molecule has 0 amide bonds. The third kappa shape index (κ3) is 4.92. The third-order valence-corrected chi connectivity index (χ3v) is 4.97. The second-order valence-corrected chi connectivity index (χ2v) is 7.26. The van der Waals surface area contributed by atoms with Crippen LogP contribution < -0.4 is 4.74 Å². The molecule has 1 aromatic carbocycles. The number of pyridine rings is 1. The topological polar surface area (TPSA) is 42.4 Å². The van der Waals surface area contributed by atoms with Crippen LogP contribution in [0.2, 0.25) is 5.02 Å². The lowest BCUT2D eigenvalue weighted by atomic mass is 9.97. The Morgan fingerprint density at radius 2 is 2.04 bits per heavy atom. The molecule has 1 aliphatic rings. The Kier molecular flexibility index (Phi) is 6.09. The van der Waals surface area contributed by atoms with Crippen molar-refractivity contribution in [2.24, 2.45) is 5.92 Å². The van der Waals surface area contributed by atoms with Crippen molar-refractivity contribution in [3.05, 3.63) is 57.9 Å². The normalized spacial score (nSPS) is 15.3. The van der Waals surface area contributed by atoms with Crippen molar-refractivity contribution in [2.75, 3.05) is 6.61 Å². The lowest BCUT2D eigenvalue weighted by Crippen LogP contribution is -2.08. The lowest BCUT2D eigenvalue weighted by Gasteiger charge is -2.17. The standard InChI is InChI=1S/C20H22ClF2NO2/c1-12-9-24-10-17(21)16(12)8-18(25)14-4-5-15(7-20(22)23)19(6-14)26-11-13-2-3-13/h4-6,9-10,13,18,20,25H,2-3,7-8,11H2,1H3/t18-/m0/s1. The molecule has 1 aliphatic carbocycles. The van der Waals surface area contributed by atoms with Crippen LogP contribution in [0, 0.1) is 12.8 Å². The molecule has 1 N–H and O–H groups in total. The fourth-order valence-corrected chi connectivity index (χ4v) is 3.15. The minimum atomic E-state index is -2.44. The van der Waals surface area contributed by atoms with Crippen molar-refractivity contribution >= 4 is 11.6 Å². The molecular weight excluding hydrogens is 360 g/mol. The van der Waals surface area contributed by atoms with Crippen LogP contribution in [-0.2, 0) is 12.8 Å². The Bertz CT molecular complexity index is 745. The highest BCUT2D eigenvalue weighted by Gasteiger charge is 2.23. The zero-order valence-electron chi connectivity index (χ0n) is 14.6. The summed E-state index contributed by atoms with van der Waals surface area (Å²) < 4.78 is 31.4. The van der Waals surface area contributed by atoms with E-state index in [9.17, 15) is 13.9 Å². The number of aliphatic hydroxyl groups is 1. The number of benzene rings is 1. The van der Waals surface area contributed by atoms with Crippen molar-refractivity contribution in [2.45, 2.75) is 45.1 Å². The minimum absolute atomic E-state index is 0.323. The zero-order valence-corrected chi connectivity index (χ0v) is 15.3. The van der Waals surface area contributed by atoms with Crippen molar-refractivity contribution in [1.29, 1.82) is 0 Å². The van der Waals surface area contributed by atoms with Gasteiger partial charge >= 0.3 is 0 Å². The smallest absolute Gasteiger partial charge is 0.242 e. The van der Waals surface area contributed by atoms with Crippen LogP contribution in [0.4, 0.5) is 8.78 Å². The molecule has 1 aromatic heterocycles. The Labute approximate surface area is 157 Å². The number of aryl methyl sites for hydroxylation is 1. The molecule has 26 heavy (non-hydrogen) atoms. The summed E-state index contributed by atoms with van der Waals surface area (Å²) >= 11 is 6.18. The van der Waals surface area contributed by atoms with Gasteiger partial charge in [-0.15, -0.1) is 0 Å². The summed E-state index contributed by atoms with van der Waals surface area (Å²) in [4.78, 5) is 4.02. The summed E-state index contributed by atoms with van der Waals surface area (Å²) in [5.41, 5.74) is 2.82. The second kappa shape index (κ2) is 8.31. The summed E-state index contributed by atoms with van der Waals surface area (Å²) in [6.07, 6.45) is 2.20. The molecule has 0 spiro atoms. The van der Waals surface area contributed by atoms with Crippen molar-refractivity contribution < 1.29 is 18.6 Å². The van der Waals surface area contributed by atoms with Crippen LogP contribution in [0.25, 0.3) is 0 Å². The van der Waals surface area contributed by atoms with Gasteiger partial charge in [-0.05, 0) is 54.0 Å². The summed E-state index contributed by atoms with van der Waals surface area (Å²) in [7, 11) is 0. The molecule has 2 aromatic rings. The van der Waals surface area contributed by atoms with Crippen LogP contribution >= 0.6 is 11.6 Å². The van der Waals surface area contributed by atoms with Crippen molar-refractivity contribution in [3.63, 3.8) is 0 Å². The first-order valence-corrected chi connectivity index (χ1v) is 9.12. The van der Waals surface area contributed by atoms with Crippen LogP contribution in [-0.4, -0.2) is 23.1 Å². The maximum atomic E-state index is 12.8. The number of alkyl halides is 2. The van der Waals surface area contributed by atoms with E-state index in [0.29, 0.717) is 40.8 Å². The number of hydrogen-bond donors (Lipinski definition) is 1. The quantitative estimate of drug-likeness (QED) is 0.706. The monoisotopic (exact) mass is 381 g/mol. The number of halogens is 3. The first-order chi connectivity index (χ1) is 12.4. The molecule has 0 bridgehead atoms. The van der Waals surface area contributed by atoms with Gasteiger partial charge in [0.05, 0.1) is 17.7 Å². The van der Waals surface area contributed by atoms with Gasteiger partial charge in [0, 0.05) is 25.2 Å².